The van der Waals surface area contributed by atoms with Crippen molar-refractivity contribution in [1.82, 2.24) is 4.90 Å². The summed E-state index contributed by atoms with van der Waals surface area (Å²) < 4.78 is 0. The number of nitrogens with zero attached hydrogens (tertiary/aromatic N) is 1. The summed E-state index contributed by atoms with van der Waals surface area (Å²) in [5.41, 5.74) is 6.59. The van der Waals surface area contributed by atoms with Crippen molar-refractivity contribution in [3.63, 3.8) is 0 Å². The van der Waals surface area contributed by atoms with Crippen molar-refractivity contribution in [3.05, 3.63) is 34.9 Å². The summed E-state index contributed by atoms with van der Waals surface area (Å²) in [5, 5.41) is 8.01. The number of hydrogen-bond donors (Lipinski definition) is 2. The van der Waals surface area contributed by atoms with E-state index in [1.807, 2.05) is 31.3 Å². The molecule has 0 aliphatic rings. The van der Waals surface area contributed by atoms with Crippen molar-refractivity contribution >= 4 is 17.4 Å². The van der Waals surface area contributed by atoms with Gasteiger partial charge in [0.15, 0.2) is 0 Å². The fourth-order valence-electron chi connectivity index (χ4n) is 1.51. The summed E-state index contributed by atoms with van der Waals surface area (Å²) >= 11 is 5.82. The van der Waals surface area contributed by atoms with Crippen LogP contribution in [-0.4, -0.2) is 23.8 Å². The van der Waals surface area contributed by atoms with Crippen LogP contribution in [0.4, 0.5) is 0 Å². The number of nitrogens with two attached hydrogens (primary N) is 1. The van der Waals surface area contributed by atoms with Crippen molar-refractivity contribution in [1.29, 1.82) is 5.41 Å². The molecule has 3 N–H and O–H groups in total. The van der Waals surface area contributed by atoms with Crippen LogP contribution in [0.25, 0.3) is 0 Å². The third kappa shape index (κ3) is 4.21. The largest absolute Gasteiger partial charge is 0.388 e. The van der Waals surface area contributed by atoms with E-state index >= 15 is 0 Å². The Labute approximate surface area is 102 Å². The number of nitrogens with one attached hydrogen (secondary N) is 1. The van der Waals surface area contributed by atoms with Gasteiger partial charge in [-0.15, -0.1) is 0 Å². The predicted molar refractivity (Wildman–Crippen MR) is 68.9 cm³/mol. The number of benzene rings is 1. The number of hydrogen-bond acceptors (Lipinski definition) is 2. The van der Waals surface area contributed by atoms with E-state index in [1.54, 1.807) is 0 Å². The van der Waals surface area contributed by atoms with Gasteiger partial charge >= 0.3 is 0 Å². The van der Waals surface area contributed by atoms with E-state index in [4.69, 9.17) is 22.7 Å². The normalized spacial score (nSPS) is 12.8. The molecular weight excluding hydrogens is 222 g/mol. The lowest BCUT2D eigenvalue weighted by Gasteiger charge is -2.24. The third-order valence-electron chi connectivity index (χ3n) is 2.61. The lowest BCUT2D eigenvalue weighted by molar-refractivity contribution is 0.254. The topological polar surface area (TPSA) is 53.1 Å². The van der Waals surface area contributed by atoms with Crippen molar-refractivity contribution < 1.29 is 0 Å². The SMILES string of the molecule is CC(CC(=N)N)N(C)Cc1ccc(Cl)cc1. The zero-order chi connectivity index (χ0) is 12.1. The first kappa shape index (κ1) is 13.0. The highest BCUT2D eigenvalue weighted by Crippen LogP contribution is 2.12. The Bertz CT molecular complexity index is 348. The van der Waals surface area contributed by atoms with Gasteiger partial charge in [-0.3, -0.25) is 10.3 Å². The van der Waals surface area contributed by atoms with Gasteiger partial charge in [-0.1, -0.05) is 23.7 Å². The van der Waals surface area contributed by atoms with E-state index in [0.29, 0.717) is 6.42 Å². The van der Waals surface area contributed by atoms with Crippen LogP contribution >= 0.6 is 11.6 Å². The van der Waals surface area contributed by atoms with E-state index in [9.17, 15) is 0 Å². The lowest BCUT2D eigenvalue weighted by Crippen LogP contribution is -2.32. The standard InChI is InChI=1S/C12H18ClN3/c1-9(7-12(14)15)16(2)8-10-3-5-11(13)6-4-10/h3-6,9H,7-8H2,1-2H3,(H3,14,15). The van der Waals surface area contributed by atoms with E-state index in [-0.39, 0.29) is 11.9 Å². The molecule has 0 spiro atoms. The minimum absolute atomic E-state index is 0.232. The van der Waals surface area contributed by atoms with Crippen LogP contribution in [-0.2, 0) is 6.54 Å². The predicted octanol–water partition coefficient (Wildman–Crippen LogP) is 2.49. The second-order valence-corrected chi connectivity index (χ2v) is 4.56. The van der Waals surface area contributed by atoms with Gasteiger partial charge in [-0.25, -0.2) is 0 Å². The highest BCUT2D eigenvalue weighted by molar-refractivity contribution is 6.30. The summed E-state index contributed by atoms with van der Waals surface area (Å²) in [6.07, 6.45) is 0.601. The average Bonchev–Trinajstić information content (AvgIpc) is 2.20. The van der Waals surface area contributed by atoms with Gasteiger partial charge in [0.25, 0.3) is 0 Å². The molecule has 1 atom stereocenters. The third-order valence-corrected chi connectivity index (χ3v) is 2.86. The number of halogens is 1. The van der Waals surface area contributed by atoms with Crippen LogP contribution in [0.1, 0.15) is 18.9 Å². The molecule has 0 aliphatic heterocycles. The van der Waals surface area contributed by atoms with Crippen LogP contribution < -0.4 is 5.73 Å². The minimum atomic E-state index is 0.232. The Morgan fingerprint density at radius 2 is 2.00 bits per heavy atom. The Hall–Kier alpha value is -1.06. The van der Waals surface area contributed by atoms with Crippen LogP contribution in [0.2, 0.25) is 5.02 Å². The van der Waals surface area contributed by atoms with Gasteiger partial charge in [0.05, 0.1) is 5.84 Å². The second-order valence-electron chi connectivity index (χ2n) is 4.12. The van der Waals surface area contributed by atoms with Crippen LogP contribution in [0, 0.1) is 5.41 Å². The maximum absolute atomic E-state index is 7.26. The number of rotatable bonds is 5. The molecule has 0 bridgehead atoms. The molecule has 0 radical (unpaired) electrons. The molecular formula is C12H18ClN3. The molecule has 0 fully saturated rings. The van der Waals surface area contributed by atoms with Gasteiger partial charge in [-0.2, -0.15) is 0 Å². The quantitative estimate of drug-likeness (QED) is 0.613. The van der Waals surface area contributed by atoms with E-state index in [1.165, 1.54) is 5.56 Å². The molecule has 0 amide bonds. The second kappa shape index (κ2) is 5.87. The van der Waals surface area contributed by atoms with Crippen LogP contribution in [0.3, 0.4) is 0 Å². The molecule has 0 aromatic heterocycles. The van der Waals surface area contributed by atoms with E-state index < -0.39 is 0 Å². The van der Waals surface area contributed by atoms with Crippen molar-refractivity contribution in [3.8, 4) is 0 Å². The molecule has 0 saturated heterocycles. The summed E-state index contributed by atoms with van der Waals surface area (Å²) in [7, 11) is 2.03. The minimum Gasteiger partial charge on any atom is -0.388 e. The zero-order valence-electron chi connectivity index (χ0n) is 9.70. The van der Waals surface area contributed by atoms with Gasteiger partial charge in [-0.05, 0) is 31.7 Å². The first-order valence-corrected chi connectivity index (χ1v) is 5.64. The fraction of sp³-hybridized carbons (Fsp3) is 0.417. The van der Waals surface area contributed by atoms with E-state index in [0.717, 1.165) is 11.6 Å². The van der Waals surface area contributed by atoms with Gasteiger partial charge in [0.2, 0.25) is 0 Å². The van der Waals surface area contributed by atoms with Crippen LogP contribution in [0.15, 0.2) is 24.3 Å². The van der Waals surface area contributed by atoms with Gasteiger partial charge in [0, 0.05) is 24.0 Å². The fourth-order valence-corrected chi connectivity index (χ4v) is 1.63. The molecule has 16 heavy (non-hydrogen) atoms. The molecule has 1 unspecified atom stereocenters. The molecule has 1 rings (SSSR count). The van der Waals surface area contributed by atoms with Gasteiger partial charge in [0.1, 0.15) is 0 Å². The Morgan fingerprint density at radius 1 is 1.44 bits per heavy atom. The smallest absolute Gasteiger partial charge is 0.0920 e. The first-order valence-electron chi connectivity index (χ1n) is 5.26. The van der Waals surface area contributed by atoms with Gasteiger partial charge < -0.3 is 5.73 Å². The van der Waals surface area contributed by atoms with Crippen LogP contribution in [0.5, 0.6) is 0 Å². The van der Waals surface area contributed by atoms with Crippen molar-refractivity contribution in [2.45, 2.75) is 25.9 Å². The molecule has 88 valence electrons. The molecule has 0 saturated carbocycles. The number of amidine groups is 1. The Kier molecular flexibility index (Phi) is 4.77. The molecule has 4 heteroatoms. The van der Waals surface area contributed by atoms with Crippen molar-refractivity contribution in [2.75, 3.05) is 7.05 Å². The summed E-state index contributed by atoms with van der Waals surface area (Å²) in [5.74, 6) is 0.232. The maximum atomic E-state index is 7.26. The van der Waals surface area contributed by atoms with Crippen molar-refractivity contribution in [2.24, 2.45) is 5.73 Å². The average molecular weight is 240 g/mol. The first-order chi connectivity index (χ1) is 7.49. The molecule has 0 heterocycles. The highest BCUT2D eigenvalue weighted by Gasteiger charge is 2.10. The summed E-state index contributed by atoms with van der Waals surface area (Å²) in [4.78, 5) is 2.17. The molecule has 3 nitrogen and oxygen atoms in total. The highest BCUT2D eigenvalue weighted by atomic mass is 35.5. The Balaban J connectivity index is 2.53. The Morgan fingerprint density at radius 3 is 2.50 bits per heavy atom. The summed E-state index contributed by atoms with van der Waals surface area (Å²) in [6, 6.07) is 8.08. The monoisotopic (exact) mass is 239 g/mol. The lowest BCUT2D eigenvalue weighted by atomic mass is 10.1. The van der Waals surface area contributed by atoms with E-state index in [2.05, 4.69) is 11.8 Å². The zero-order valence-corrected chi connectivity index (χ0v) is 10.5. The molecule has 0 aliphatic carbocycles. The molecule has 1 aromatic carbocycles. The summed E-state index contributed by atoms with van der Waals surface area (Å²) in [6.45, 7) is 2.91. The maximum Gasteiger partial charge on any atom is 0.0920 e. The molecule has 1 aromatic rings.